The summed E-state index contributed by atoms with van der Waals surface area (Å²) in [7, 11) is -3.64. The predicted molar refractivity (Wildman–Crippen MR) is 84.2 cm³/mol. The van der Waals surface area contributed by atoms with Gasteiger partial charge < -0.3 is 11.1 Å². The van der Waals surface area contributed by atoms with Crippen molar-refractivity contribution in [2.24, 2.45) is 0 Å². The van der Waals surface area contributed by atoms with E-state index >= 15 is 0 Å². The van der Waals surface area contributed by atoms with Gasteiger partial charge in [0.2, 0.25) is 10.0 Å². The monoisotopic (exact) mass is 352 g/mol. The fourth-order valence-electron chi connectivity index (χ4n) is 2.91. The number of nitrogen functional groups attached to an aromatic ring is 1. The third-order valence-electron chi connectivity index (χ3n) is 3.95. The Morgan fingerprint density at radius 3 is 2.81 bits per heavy atom. The zero-order valence-electron chi connectivity index (χ0n) is 11.3. The van der Waals surface area contributed by atoms with Crippen LogP contribution in [0.1, 0.15) is 19.3 Å². The minimum atomic E-state index is -3.64. The lowest BCUT2D eigenvalue weighted by molar-refractivity contribution is 0.383. The van der Waals surface area contributed by atoms with E-state index in [1.165, 1.54) is 16.6 Å². The Hall–Kier alpha value is -0.600. The molecule has 3 N–H and O–H groups in total. The second-order valence-electron chi connectivity index (χ2n) is 5.33. The molecule has 3 rings (SSSR count). The van der Waals surface area contributed by atoms with E-state index in [4.69, 9.17) is 17.3 Å². The topological polar surface area (TPSA) is 88.3 Å². The largest absolute Gasteiger partial charge is 0.383 e. The van der Waals surface area contributed by atoms with E-state index in [9.17, 15) is 8.42 Å². The number of hydrogen-bond donors (Lipinski definition) is 2. The molecule has 0 saturated carbocycles. The van der Waals surface area contributed by atoms with E-state index in [1.807, 2.05) is 0 Å². The minimum absolute atomic E-state index is 0. The number of sulfonamides is 1. The number of anilines is 1. The third-order valence-corrected chi connectivity index (χ3v) is 6.05. The molecule has 2 aliphatic heterocycles. The molecule has 0 spiro atoms. The molecule has 2 aliphatic rings. The molecule has 0 aromatic carbocycles. The molecule has 2 fully saturated rings. The summed E-state index contributed by atoms with van der Waals surface area (Å²) >= 11 is 5.84. The predicted octanol–water partition coefficient (Wildman–Crippen LogP) is 1.25. The van der Waals surface area contributed by atoms with Gasteiger partial charge in [0.15, 0.2) is 0 Å². The Bertz CT molecular complexity index is 626. The number of nitrogens with two attached hydrogens (primary N) is 1. The summed E-state index contributed by atoms with van der Waals surface area (Å²) in [5.74, 6) is -0.00299. The van der Waals surface area contributed by atoms with Gasteiger partial charge >= 0.3 is 0 Å². The van der Waals surface area contributed by atoms with Gasteiger partial charge in [0, 0.05) is 31.4 Å². The van der Waals surface area contributed by atoms with Gasteiger partial charge in [-0.2, -0.15) is 4.31 Å². The van der Waals surface area contributed by atoms with Crippen LogP contribution in [0, 0.1) is 0 Å². The Kier molecular flexibility index (Phi) is 4.99. The minimum Gasteiger partial charge on any atom is -0.383 e. The second-order valence-corrected chi connectivity index (χ2v) is 7.67. The maximum atomic E-state index is 12.7. The number of halogens is 2. The molecule has 0 aliphatic carbocycles. The highest BCUT2D eigenvalue weighted by molar-refractivity contribution is 7.89. The lowest BCUT2D eigenvalue weighted by atomic mass is 10.1. The first-order valence-electron chi connectivity index (χ1n) is 6.64. The van der Waals surface area contributed by atoms with Gasteiger partial charge in [-0.15, -0.1) is 12.4 Å². The van der Waals surface area contributed by atoms with Crippen LogP contribution in [0.3, 0.4) is 0 Å². The summed E-state index contributed by atoms with van der Waals surface area (Å²) in [6, 6.07) is 2.02. The number of nitrogens with one attached hydrogen (secondary N) is 1. The van der Waals surface area contributed by atoms with Crippen molar-refractivity contribution in [3.63, 3.8) is 0 Å². The van der Waals surface area contributed by atoms with E-state index in [2.05, 4.69) is 10.3 Å². The van der Waals surface area contributed by atoms with Crippen LogP contribution in [0.25, 0.3) is 0 Å². The van der Waals surface area contributed by atoms with Gasteiger partial charge in [-0.05, 0) is 25.3 Å². The van der Waals surface area contributed by atoms with E-state index < -0.39 is 10.0 Å². The molecule has 0 radical (unpaired) electrons. The molecule has 2 unspecified atom stereocenters. The fraction of sp³-hybridized carbons (Fsp3) is 0.583. The Balaban J connectivity index is 0.00000161. The summed E-state index contributed by atoms with van der Waals surface area (Å²) in [6.07, 6.45) is 4.31. The van der Waals surface area contributed by atoms with Crippen LogP contribution in [0.5, 0.6) is 0 Å². The van der Waals surface area contributed by atoms with Crippen LogP contribution >= 0.6 is 24.0 Å². The maximum Gasteiger partial charge on any atom is 0.246 e. The summed E-state index contributed by atoms with van der Waals surface area (Å²) in [4.78, 5) is 3.84. The second kappa shape index (κ2) is 6.26. The molecule has 1 aromatic rings. The molecular weight excluding hydrogens is 335 g/mol. The highest BCUT2D eigenvalue weighted by Gasteiger charge is 2.35. The van der Waals surface area contributed by atoms with Crippen LogP contribution < -0.4 is 11.1 Å². The average Bonchev–Trinajstić information content (AvgIpc) is 2.71. The number of rotatable bonds is 2. The van der Waals surface area contributed by atoms with Crippen LogP contribution in [-0.4, -0.2) is 42.9 Å². The maximum absolute atomic E-state index is 12.7. The van der Waals surface area contributed by atoms with Crippen LogP contribution in [0.4, 0.5) is 5.82 Å². The van der Waals surface area contributed by atoms with Gasteiger partial charge in [-0.25, -0.2) is 13.4 Å². The molecule has 1 aromatic heterocycles. The van der Waals surface area contributed by atoms with Crippen LogP contribution in [-0.2, 0) is 10.0 Å². The van der Waals surface area contributed by atoms with Crippen LogP contribution in [0.15, 0.2) is 17.2 Å². The summed E-state index contributed by atoms with van der Waals surface area (Å²) in [5.41, 5.74) is 5.71. The first-order valence-corrected chi connectivity index (χ1v) is 8.46. The van der Waals surface area contributed by atoms with Gasteiger partial charge in [0.1, 0.15) is 10.7 Å². The van der Waals surface area contributed by atoms with E-state index in [0.29, 0.717) is 19.1 Å². The molecule has 2 bridgehead atoms. The van der Waals surface area contributed by atoms with Gasteiger partial charge in [-0.1, -0.05) is 11.6 Å². The van der Waals surface area contributed by atoms with Gasteiger partial charge in [-0.3, -0.25) is 0 Å². The van der Waals surface area contributed by atoms with E-state index in [-0.39, 0.29) is 34.2 Å². The Morgan fingerprint density at radius 1 is 1.33 bits per heavy atom. The van der Waals surface area contributed by atoms with Crippen molar-refractivity contribution in [1.29, 1.82) is 0 Å². The average molecular weight is 353 g/mol. The summed E-state index contributed by atoms with van der Waals surface area (Å²) in [6.45, 7) is 0.979. The van der Waals surface area contributed by atoms with Crippen molar-refractivity contribution in [3.8, 4) is 0 Å². The van der Waals surface area contributed by atoms with Crippen molar-refractivity contribution >= 4 is 39.8 Å². The molecule has 6 nitrogen and oxygen atoms in total. The first kappa shape index (κ1) is 16.8. The SMILES string of the molecule is Cl.Nc1ncc(Cl)cc1S(=O)(=O)N1CCC2CCC(C1)N2. The molecular formula is C12H18Cl2N4O2S. The summed E-state index contributed by atoms with van der Waals surface area (Å²) < 4.78 is 26.9. The van der Waals surface area contributed by atoms with E-state index in [1.54, 1.807) is 0 Å². The quantitative estimate of drug-likeness (QED) is 0.836. The lowest BCUT2D eigenvalue weighted by Crippen LogP contribution is -2.39. The number of pyridine rings is 1. The summed E-state index contributed by atoms with van der Waals surface area (Å²) in [5, 5.41) is 3.72. The van der Waals surface area contributed by atoms with Crippen LogP contribution in [0.2, 0.25) is 5.02 Å². The molecule has 2 saturated heterocycles. The van der Waals surface area contributed by atoms with Crippen molar-refractivity contribution in [2.45, 2.75) is 36.2 Å². The molecule has 118 valence electrons. The van der Waals surface area contributed by atoms with Crippen molar-refractivity contribution in [1.82, 2.24) is 14.6 Å². The molecule has 0 amide bonds. The zero-order valence-corrected chi connectivity index (χ0v) is 13.7. The molecule has 2 atom stereocenters. The van der Waals surface area contributed by atoms with Crippen molar-refractivity contribution in [3.05, 3.63) is 17.3 Å². The lowest BCUT2D eigenvalue weighted by Gasteiger charge is -2.24. The van der Waals surface area contributed by atoms with Gasteiger partial charge in [0.05, 0.1) is 5.02 Å². The van der Waals surface area contributed by atoms with E-state index in [0.717, 1.165) is 19.3 Å². The van der Waals surface area contributed by atoms with Gasteiger partial charge in [0.25, 0.3) is 0 Å². The third kappa shape index (κ3) is 3.27. The van der Waals surface area contributed by atoms with Crippen molar-refractivity contribution in [2.75, 3.05) is 18.8 Å². The zero-order chi connectivity index (χ0) is 14.3. The van der Waals surface area contributed by atoms with Crippen molar-refractivity contribution < 1.29 is 8.42 Å². The Labute approximate surface area is 135 Å². The number of aromatic nitrogens is 1. The number of fused-ring (bicyclic) bond motifs is 2. The number of hydrogen-bond acceptors (Lipinski definition) is 5. The fourth-order valence-corrected chi connectivity index (χ4v) is 4.72. The Morgan fingerprint density at radius 2 is 2.05 bits per heavy atom. The highest BCUT2D eigenvalue weighted by Crippen LogP contribution is 2.28. The molecule has 3 heterocycles. The molecule has 9 heteroatoms. The normalized spacial score (nSPS) is 26.1. The smallest absolute Gasteiger partial charge is 0.246 e. The number of nitrogens with zero attached hydrogens (tertiary/aromatic N) is 2. The molecule has 21 heavy (non-hydrogen) atoms. The standard InChI is InChI=1S/C12H17ClN4O2S.ClH/c13-8-5-11(12(14)15-6-8)20(18,19)17-4-3-9-1-2-10(7-17)16-9;/h5-6,9-10,16H,1-4,7H2,(H2,14,15);1H. The highest BCUT2D eigenvalue weighted by atomic mass is 35.5. The first-order chi connectivity index (χ1) is 9.46.